The molecule has 2 aromatic heterocycles. The fraction of sp³-hybridized carbons (Fsp3) is 0.316. The Balaban J connectivity index is 2.18. The lowest BCUT2D eigenvalue weighted by Crippen LogP contribution is -2.34. The lowest BCUT2D eigenvalue weighted by Gasteiger charge is -2.29. The fourth-order valence-corrected chi connectivity index (χ4v) is 3.24. The van der Waals surface area contributed by atoms with Crippen molar-refractivity contribution in [2.24, 2.45) is 11.7 Å². The van der Waals surface area contributed by atoms with Crippen LogP contribution in [0.1, 0.15) is 36.7 Å². The fourth-order valence-electron chi connectivity index (χ4n) is 3.24. The molecule has 0 aliphatic carbocycles. The quantitative estimate of drug-likeness (QED) is 0.929. The molecule has 6 heteroatoms. The molecule has 128 valence electrons. The minimum absolute atomic E-state index is 0.0366. The number of hydrogen-bond acceptors (Lipinski definition) is 5. The third kappa shape index (κ3) is 2.89. The molecule has 3 heterocycles. The zero-order valence-corrected chi connectivity index (χ0v) is 14.5. The molecule has 2 aromatic rings. The molecule has 0 saturated heterocycles. The maximum absolute atomic E-state index is 13.2. The van der Waals surface area contributed by atoms with Crippen LogP contribution >= 0.6 is 0 Å². The van der Waals surface area contributed by atoms with Crippen LogP contribution in [0.2, 0.25) is 0 Å². The number of nitriles is 1. The predicted molar refractivity (Wildman–Crippen MR) is 93.8 cm³/mol. The first-order valence-corrected chi connectivity index (χ1v) is 8.15. The molecule has 0 radical (unpaired) electrons. The molecule has 0 fully saturated rings. The third-order valence-corrected chi connectivity index (χ3v) is 4.45. The summed E-state index contributed by atoms with van der Waals surface area (Å²) in [6.45, 7) is 6.14. The van der Waals surface area contributed by atoms with Crippen LogP contribution in [0, 0.1) is 24.2 Å². The zero-order chi connectivity index (χ0) is 18.1. The van der Waals surface area contributed by atoms with Gasteiger partial charge in [-0.05, 0) is 25.0 Å². The average molecular weight is 336 g/mol. The number of fused-ring (bicyclic) bond motifs is 1. The van der Waals surface area contributed by atoms with Crippen molar-refractivity contribution in [2.75, 3.05) is 0 Å². The van der Waals surface area contributed by atoms with Gasteiger partial charge in [-0.25, -0.2) is 0 Å². The van der Waals surface area contributed by atoms with Gasteiger partial charge in [0.25, 0.3) is 5.56 Å². The van der Waals surface area contributed by atoms with Gasteiger partial charge in [0.05, 0.1) is 23.4 Å². The van der Waals surface area contributed by atoms with Crippen LogP contribution in [0.4, 0.5) is 0 Å². The van der Waals surface area contributed by atoms with E-state index in [0.29, 0.717) is 23.4 Å². The molecule has 25 heavy (non-hydrogen) atoms. The highest BCUT2D eigenvalue weighted by molar-refractivity contribution is 5.50. The summed E-state index contributed by atoms with van der Waals surface area (Å²) in [6.07, 6.45) is 1.70. The van der Waals surface area contributed by atoms with Crippen LogP contribution in [-0.4, -0.2) is 9.55 Å². The first kappa shape index (κ1) is 16.8. The van der Waals surface area contributed by atoms with E-state index >= 15 is 0 Å². The number of hydrogen-bond donors (Lipinski definition) is 1. The van der Waals surface area contributed by atoms with Crippen LogP contribution in [0.15, 0.2) is 46.7 Å². The van der Waals surface area contributed by atoms with Gasteiger partial charge in [0.1, 0.15) is 11.8 Å². The lowest BCUT2D eigenvalue weighted by atomic mass is 9.81. The van der Waals surface area contributed by atoms with E-state index in [4.69, 9.17) is 10.5 Å². The van der Waals surface area contributed by atoms with E-state index in [2.05, 4.69) is 11.1 Å². The summed E-state index contributed by atoms with van der Waals surface area (Å²) in [6, 6.07) is 9.51. The number of rotatable bonds is 3. The van der Waals surface area contributed by atoms with Crippen molar-refractivity contribution >= 4 is 0 Å². The normalized spacial score (nSPS) is 16.4. The van der Waals surface area contributed by atoms with Gasteiger partial charge < -0.3 is 15.0 Å². The molecule has 1 atom stereocenters. The average Bonchev–Trinajstić information content (AvgIpc) is 2.58. The highest BCUT2D eigenvalue weighted by Crippen LogP contribution is 2.40. The van der Waals surface area contributed by atoms with E-state index in [1.165, 1.54) is 0 Å². The second-order valence-corrected chi connectivity index (χ2v) is 6.49. The molecular weight excluding hydrogens is 316 g/mol. The Morgan fingerprint density at radius 2 is 2.20 bits per heavy atom. The molecular formula is C19H20N4O2. The predicted octanol–water partition coefficient (Wildman–Crippen LogP) is 2.43. The molecule has 3 rings (SSSR count). The summed E-state index contributed by atoms with van der Waals surface area (Å²) in [5.41, 5.74) is 8.09. The van der Waals surface area contributed by atoms with Gasteiger partial charge in [-0.2, -0.15) is 5.26 Å². The molecule has 0 aromatic carbocycles. The van der Waals surface area contributed by atoms with E-state index in [9.17, 15) is 10.1 Å². The lowest BCUT2D eigenvalue weighted by molar-refractivity contribution is 0.366. The largest absolute Gasteiger partial charge is 0.440 e. The van der Waals surface area contributed by atoms with Crippen LogP contribution in [0.25, 0.3) is 0 Å². The van der Waals surface area contributed by atoms with Gasteiger partial charge in [0.15, 0.2) is 0 Å². The Morgan fingerprint density at radius 3 is 2.80 bits per heavy atom. The number of aryl methyl sites for hydroxylation is 1. The summed E-state index contributed by atoms with van der Waals surface area (Å²) in [5.74, 6) is 0.177. The second-order valence-electron chi connectivity index (χ2n) is 6.49. The molecule has 0 amide bonds. The summed E-state index contributed by atoms with van der Waals surface area (Å²) < 4.78 is 7.25. The summed E-state index contributed by atoms with van der Waals surface area (Å²) >= 11 is 0. The van der Waals surface area contributed by atoms with Crippen molar-refractivity contribution in [3.8, 4) is 11.8 Å². The number of ether oxygens (including phenoxy) is 1. The first-order valence-electron chi connectivity index (χ1n) is 8.15. The molecule has 0 saturated carbocycles. The molecule has 0 spiro atoms. The van der Waals surface area contributed by atoms with E-state index < -0.39 is 0 Å². The van der Waals surface area contributed by atoms with E-state index in [-0.39, 0.29) is 23.3 Å². The maximum atomic E-state index is 13.2. The Hall–Kier alpha value is -3.07. The minimum Gasteiger partial charge on any atom is -0.440 e. The highest BCUT2D eigenvalue weighted by Gasteiger charge is 2.34. The number of nitrogens with zero attached hydrogens (tertiary/aromatic N) is 3. The van der Waals surface area contributed by atoms with Crippen molar-refractivity contribution in [1.82, 2.24) is 9.55 Å². The SMILES string of the molecule is Cc1cc2c(c(=O)n1Cc1ccccn1)[C@@H](C(C)C)C(C#N)=C(N)O2. The first-order chi connectivity index (χ1) is 11.9. The van der Waals surface area contributed by atoms with Gasteiger partial charge in [-0.15, -0.1) is 0 Å². The van der Waals surface area contributed by atoms with Crippen molar-refractivity contribution in [2.45, 2.75) is 33.2 Å². The van der Waals surface area contributed by atoms with Crippen LogP contribution < -0.4 is 16.0 Å². The van der Waals surface area contributed by atoms with Gasteiger partial charge in [-0.1, -0.05) is 19.9 Å². The number of aromatic nitrogens is 2. The molecule has 2 N–H and O–H groups in total. The zero-order valence-electron chi connectivity index (χ0n) is 14.5. The second kappa shape index (κ2) is 6.44. The molecule has 0 unspecified atom stereocenters. The standard InChI is InChI=1S/C19H20N4O2/c1-11(2)16-14(9-20)18(21)25-15-8-12(3)23(19(24)17(15)16)10-13-6-4-5-7-22-13/h4-8,11,16H,10,21H2,1-3H3/t16-/m0/s1. The Kier molecular flexibility index (Phi) is 4.32. The summed E-state index contributed by atoms with van der Waals surface area (Å²) in [7, 11) is 0. The monoisotopic (exact) mass is 336 g/mol. The highest BCUT2D eigenvalue weighted by atomic mass is 16.5. The minimum atomic E-state index is -0.378. The van der Waals surface area contributed by atoms with Gasteiger partial charge >= 0.3 is 0 Å². The van der Waals surface area contributed by atoms with Crippen molar-refractivity contribution in [3.05, 3.63) is 69.2 Å². The molecule has 6 nitrogen and oxygen atoms in total. The van der Waals surface area contributed by atoms with Gasteiger partial charge in [0, 0.05) is 23.9 Å². The Morgan fingerprint density at radius 1 is 1.44 bits per heavy atom. The molecule has 0 bridgehead atoms. The van der Waals surface area contributed by atoms with Crippen molar-refractivity contribution < 1.29 is 4.74 Å². The summed E-state index contributed by atoms with van der Waals surface area (Å²) in [4.78, 5) is 17.5. The van der Waals surface area contributed by atoms with E-state index in [1.807, 2.05) is 39.0 Å². The number of allylic oxidation sites excluding steroid dienone is 1. The van der Waals surface area contributed by atoms with Gasteiger partial charge in [-0.3, -0.25) is 9.78 Å². The molecule has 1 aliphatic rings. The Labute approximate surface area is 146 Å². The van der Waals surface area contributed by atoms with Crippen molar-refractivity contribution in [3.63, 3.8) is 0 Å². The van der Waals surface area contributed by atoms with Gasteiger partial charge in [0.2, 0.25) is 5.88 Å². The van der Waals surface area contributed by atoms with Crippen LogP contribution in [-0.2, 0) is 6.54 Å². The number of nitrogens with two attached hydrogens (primary N) is 1. The van der Waals surface area contributed by atoms with E-state index in [0.717, 1.165) is 11.4 Å². The maximum Gasteiger partial charge on any atom is 0.258 e. The summed E-state index contributed by atoms with van der Waals surface area (Å²) in [5, 5.41) is 9.47. The molecule has 1 aliphatic heterocycles. The van der Waals surface area contributed by atoms with Crippen molar-refractivity contribution in [1.29, 1.82) is 5.26 Å². The number of pyridine rings is 2. The topological polar surface area (TPSA) is 93.9 Å². The smallest absolute Gasteiger partial charge is 0.258 e. The Bertz CT molecular complexity index is 936. The van der Waals surface area contributed by atoms with Crippen LogP contribution in [0.3, 0.4) is 0 Å². The van der Waals surface area contributed by atoms with E-state index in [1.54, 1.807) is 16.8 Å². The van der Waals surface area contributed by atoms with Crippen LogP contribution in [0.5, 0.6) is 5.75 Å². The third-order valence-electron chi connectivity index (χ3n) is 4.45.